The molecule has 1 unspecified atom stereocenters. The van der Waals surface area contributed by atoms with Crippen LogP contribution in [0.5, 0.6) is 0 Å². The van der Waals surface area contributed by atoms with E-state index in [9.17, 15) is 4.39 Å². The third-order valence-corrected chi connectivity index (χ3v) is 3.97. The van der Waals surface area contributed by atoms with Crippen LogP contribution >= 0.6 is 0 Å². The molecule has 0 fully saturated rings. The molecule has 0 saturated carbocycles. The van der Waals surface area contributed by atoms with Gasteiger partial charge in [-0.2, -0.15) is 0 Å². The van der Waals surface area contributed by atoms with Crippen molar-refractivity contribution < 1.29 is 4.39 Å². The van der Waals surface area contributed by atoms with Crippen LogP contribution in [0.4, 0.5) is 4.39 Å². The number of aryl methyl sites for hydroxylation is 1. The van der Waals surface area contributed by atoms with E-state index >= 15 is 0 Å². The van der Waals surface area contributed by atoms with Gasteiger partial charge in [-0.3, -0.25) is 0 Å². The average molecular weight is 265 g/mol. The topological polar surface area (TPSA) is 12.0 Å². The van der Waals surface area contributed by atoms with Crippen LogP contribution in [0.3, 0.4) is 0 Å². The van der Waals surface area contributed by atoms with E-state index < -0.39 is 0 Å². The van der Waals surface area contributed by atoms with Gasteiger partial charge in [0.2, 0.25) is 0 Å². The van der Waals surface area contributed by atoms with Gasteiger partial charge in [-0.1, -0.05) is 39.7 Å². The van der Waals surface area contributed by atoms with Gasteiger partial charge in [0, 0.05) is 6.04 Å². The molecule has 0 amide bonds. The van der Waals surface area contributed by atoms with E-state index in [0.717, 1.165) is 30.9 Å². The Labute approximate surface area is 117 Å². The van der Waals surface area contributed by atoms with E-state index in [2.05, 4.69) is 26.1 Å². The van der Waals surface area contributed by atoms with Crippen LogP contribution in [-0.2, 0) is 0 Å². The van der Waals surface area contributed by atoms with Crippen molar-refractivity contribution in [3.63, 3.8) is 0 Å². The second kappa shape index (κ2) is 8.31. The van der Waals surface area contributed by atoms with Crippen molar-refractivity contribution in [3.05, 3.63) is 35.1 Å². The van der Waals surface area contributed by atoms with Crippen LogP contribution in [0.15, 0.2) is 18.2 Å². The Bertz CT molecular complexity index is 372. The first-order chi connectivity index (χ1) is 9.12. The van der Waals surface area contributed by atoms with Crippen LogP contribution in [0.1, 0.15) is 63.6 Å². The lowest BCUT2D eigenvalue weighted by Crippen LogP contribution is -2.25. The summed E-state index contributed by atoms with van der Waals surface area (Å²) in [6.45, 7) is 9.71. The molecule has 2 heteroatoms. The maximum Gasteiger partial charge on any atom is 0.123 e. The van der Waals surface area contributed by atoms with Gasteiger partial charge in [-0.05, 0) is 55.5 Å². The highest BCUT2D eigenvalue weighted by Gasteiger charge is 2.17. The molecule has 0 aliphatic carbocycles. The molecular formula is C17H28FN. The second-order valence-corrected chi connectivity index (χ2v) is 5.43. The zero-order valence-electron chi connectivity index (χ0n) is 12.8. The molecule has 1 aromatic rings. The lowest BCUT2D eigenvalue weighted by atomic mass is 9.89. The molecule has 1 aromatic carbocycles. The summed E-state index contributed by atoms with van der Waals surface area (Å²) in [7, 11) is 0. The van der Waals surface area contributed by atoms with Gasteiger partial charge in [0.05, 0.1) is 0 Å². The molecule has 1 atom stereocenters. The second-order valence-electron chi connectivity index (χ2n) is 5.43. The summed E-state index contributed by atoms with van der Waals surface area (Å²) in [5.74, 6) is 0.594. The fourth-order valence-electron chi connectivity index (χ4n) is 2.62. The fourth-order valence-corrected chi connectivity index (χ4v) is 2.62. The molecule has 0 heterocycles. The van der Waals surface area contributed by atoms with E-state index in [0.29, 0.717) is 6.04 Å². The quantitative estimate of drug-likeness (QED) is 0.697. The number of halogens is 1. The summed E-state index contributed by atoms with van der Waals surface area (Å²) >= 11 is 0. The summed E-state index contributed by atoms with van der Waals surface area (Å²) in [6.07, 6.45) is 4.68. The lowest BCUT2D eigenvalue weighted by Gasteiger charge is -2.25. The minimum atomic E-state index is -0.141. The molecule has 0 aromatic heterocycles. The maximum atomic E-state index is 13.2. The third kappa shape index (κ3) is 4.94. The average Bonchev–Trinajstić information content (AvgIpc) is 2.40. The number of hydrogen-bond donors (Lipinski definition) is 1. The van der Waals surface area contributed by atoms with Crippen LogP contribution < -0.4 is 5.32 Å². The minimum Gasteiger partial charge on any atom is -0.310 e. The fraction of sp³-hybridized carbons (Fsp3) is 0.647. The highest BCUT2D eigenvalue weighted by atomic mass is 19.1. The van der Waals surface area contributed by atoms with E-state index in [-0.39, 0.29) is 5.82 Å². The zero-order chi connectivity index (χ0) is 14.3. The molecule has 19 heavy (non-hydrogen) atoms. The molecule has 0 bridgehead atoms. The van der Waals surface area contributed by atoms with Gasteiger partial charge in [-0.15, -0.1) is 0 Å². The number of nitrogens with one attached hydrogen (secondary N) is 1. The Morgan fingerprint density at radius 2 is 1.84 bits per heavy atom. The number of hydrogen-bond acceptors (Lipinski definition) is 1. The first kappa shape index (κ1) is 16.2. The molecule has 1 nitrogen and oxygen atoms in total. The van der Waals surface area contributed by atoms with Gasteiger partial charge in [-0.25, -0.2) is 4.39 Å². The molecule has 0 saturated heterocycles. The third-order valence-electron chi connectivity index (χ3n) is 3.97. The first-order valence-corrected chi connectivity index (χ1v) is 7.61. The molecule has 0 aliphatic heterocycles. The Hall–Kier alpha value is -0.890. The molecular weight excluding hydrogens is 237 g/mol. The predicted molar refractivity (Wildman–Crippen MR) is 80.9 cm³/mol. The van der Waals surface area contributed by atoms with E-state index in [1.165, 1.54) is 18.4 Å². The minimum absolute atomic E-state index is 0.141. The summed E-state index contributed by atoms with van der Waals surface area (Å²) in [5, 5.41) is 3.62. The molecule has 0 aliphatic rings. The van der Waals surface area contributed by atoms with Crippen molar-refractivity contribution >= 4 is 0 Å². The van der Waals surface area contributed by atoms with E-state index in [1.54, 1.807) is 12.1 Å². The maximum absolute atomic E-state index is 13.2. The van der Waals surface area contributed by atoms with Crippen LogP contribution in [0.2, 0.25) is 0 Å². The molecule has 108 valence electrons. The van der Waals surface area contributed by atoms with Gasteiger partial charge in [0.25, 0.3) is 0 Å². The predicted octanol–water partition coefficient (Wildman–Crippen LogP) is 5.00. The van der Waals surface area contributed by atoms with Crippen molar-refractivity contribution in [1.82, 2.24) is 5.32 Å². The highest BCUT2D eigenvalue weighted by molar-refractivity contribution is 5.29. The van der Waals surface area contributed by atoms with Crippen molar-refractivity contribution in [2.45, 2.75) is 59.4 Å². The Morgan fingerprint density at radius 1 is 1.16 bits per heavy atom. The van der Waals surface area contributed by atoms with Crippen LogP contribution in [0.25, 0.3) is 0 Å². The SMILES string of the molecule is CCCNC(CC(CC)CC)c1ccc(F)cc1C. The summed E-state index contributed by atoms with van der Waals surface area (Å²) < 4.78 is 13.2. The normalized spacial score (nSPS) is 12.9. The molecule has 1 N–H and O–H groups in total. The van der Waals surface area contributed by atoms with E-state index in [1.807, 2.05) is 13.0 Å². The standard InChI is InChI=1S/C17H28FN/c1-5-10-19-17(12-14(6-2)7-3)16-9-8-15(18)11-13(16)4/h8-9,11,14,17,19H,5-7,10,12H2,1-4H3. The monoisotopic (exact) mass is 265 g/mol. The van der Waals surface area contributed by atoms with Crippen LogP contribution in [0, 0.1) is 18.7 Å². The molecule has 1 rings (SSSR count). The van der Waals surface area contributed by atoms with Gasteiger partial charge >= 0.3 is 0 Å². The van der Waals surface area contributed by atoms with Crippen molar-refractivity contribution in [2.24, 2.45) is 5.92 Å². The lowest BCUT2D eigenvalue weighted by molar-refractivity contribution is 0.370. The summed E-state index contributed by atoms with van der Waals surface area (Å²) in [5.41, 5.74) is 2.31. The zero-order valence-corrected chi connectivity index (χ0v) is 12.8. The first-order valence-electron chi connectivity index (χ1n) is 7.61. The molecule has 0 radical (unpaired) electrons. The van der Waals surface area contributed by atoms with E-state index in [4.69, 9.17) is 0 Å². The summed E-state index contributed by atoms with van der Waals surface area (Å²) in [4.78, 5) is 0. The van der Waals surface area contributed by atoms with Crippen molar-refractivity contribution in [3.8, 4) is 0 Å². The number of rotatable bonds is 8. The van der Waals surface area contributed by atoms with Crippen LogP contribution in [-0.4, -0.2) is 6.54 Å². The Morgan fingerprint density at radius 3 is 2.37 bits per heavy atom. The molecule has 0 spiro atoms. The van der Waals surface area contributed by atoms with Gasteiger partial charge < -0.3 is 5.32 Å². The largest absolute Gasteiger partial charge is 0.310 e. The Balaban J connectivity index is 2.88. The van der Waals surface area contributed by atoms with Gasteiger partial charge in [0.15, 0.2) is 0 Å². The van der Waals surface area contributed by atoms with Crippen molar-refractivity contribution in [2.75, 3.05) is 6.54 Å². The number of benzene rings is 1. The highest BCUT2D eigenvalue weighted by Crippen LogP contribution is 2.27. The smallest absolute Gasteiger partial charge is 0.123 e. The van der Waals surface area contributed by atoms with Gasteiger partial charge in [0.1, 0.15) is 5.82 Å². The van der Waals surface area contributed by atoms with Crippen molar-refractivity contribution in [1.29, 1.82) is 0 Å². The summed E-state index contributed by atoms with van der Waals surface area (Å²) in [6, 6.07) is 5.52. The Kier molecular flexibility index (Phi) is 7.07.